The molecule has 0 aliphatic rings. The largest absolute Gasteiger partial charge is 0.493 e. The van der Waals surface area contributed by atoms with Crippen molar-refractivity contribution >= 4 is 44.0 Å². The van der Waals surface area contributed by atoms with Crippen molar-refractivity contribution in [1.82, 2.24) is 9.66 Å². The minimum atomic E-state index is -0.315. The molecule has 7 nitrogen and oxygen atoms in total. The zero-order valence-electron chi connectivity index (χ0n) is 18.6. The lowest BCUT2D eigenvalue weighted by Gasteiger charge is -2.09. The number of hydrogen-bond donors (Lipinski definition) is 0. The number of furan rings is 1. The van der Waals surface area contributed by atoms with Gasteiger partial charge in [-0.3, -0.25) is 4.79 Å². The number of aromatic nitrogens is 2. The van der Waals surface area contributed by atoms with Crippen LogP contribution in [0, 0.1) is 12.3 Å². The lowest BCUT2D eigenvalue weighted by atomic mass is 10.2. The molecular formula is C27H18BrN3O4. The van der Waals surface area contributed by atoms with E-state index in [2.05, 4.69) is 27.0 Å². The molecule has 2 heterocycles. The molecule has 0 N–H and O–H groups in total. The van der Waals surface area contributed by atoms with Crippen LogP contribution in [-0.4, -0.2) is 29.6 Å². The Balaban J connectivity index is 1.64. The number of benzene rings is 3. The first-order valence-corrected chi connectivity index (χ1v) is 11.4. The van der Waals surface area contributed by atoms with E-state index in [1.54, 1.807) is 42.6 Å². The normalized spacial score (nSPS) is 11.2. The Bertz CT molecular complexity index is 1700. The second-order valence-corrected chi connectivity index (χ2v) is 8.43. The van der Waals surface area contributed by atoms with Gasteiger partial charge in [0.05, 0.1) is 24.2 Å². The van der Waals surface area contributed by atoms with Crippen molar-refractivity contribution in [2.24, 2.45) is 5.10 Å². The number of nitrogens with zero attached hydrogens (tertiary/aromatic N) is 3. The molecule has 8 heteroatoms. The molecule has 5 rings (SSSR count). The summed E-state index contributed by atoms with van der Waals surface area (Å²) in [5.74, 6) is 4.15. The highest BCUT2D eigenvalue weighted by molar-refractivity contribution is 9.10. The molecule has 0 amide bonds. The van der Waals surface area contributed by atoms with E-state index in [0.717, 1.165) is 9.86 Å². The summed E-state index contributed by atoms with van der Waals surface area (Å²) in [5, 5.41) is 5.80. The fourth-order valence-corrected chi connectivity index (χ4v) is 4.02. The summed E-state index contributed by atoms with van der Waals surface area (Å²) < 4.78 is 19.1. The third kappa shape index (κ3) is 4.42. The van der Waals surface area contributed by atoms with Gasteiger partial charge in [-0.1, -0.05) is 34.0 Å². The molecule has 35 heavy (non-hydrogen) atoms. The molecule has 172 valence electrons. The van der Waals surface area contributed by atoms with Crippen molar-refractivity contribution < 1.29 is 13.9 Å². The SMILES string of the molecule is C#CCOc1ccc(C=Nn2c(-c3cc4cc(Br)ccc4o3)nc3ccccc3c2=O)cc1OC. The Morgan fingerprint density at radius 1 is 1.14 bits per heavy atom. The maximum atomic E-state index is 13.4. The topological polar surface area (TPSA) is 78.9 Å². The minimum Gasteiger partial charge on any atom is -0.493 e. The summed E-state index contributed by atoms with van der Waals surface area (Å²) in [7, 11) is 1.54. The third-order valence-electron chi connectivity index (χ3n) is 5.27. The van der Waals surface area contributed by atoms with E-state index >= 15 is 0 Å². The molecule has 2 aromatic heterocycles. The molecule has 0 spiro atoms. The second kappa shape index (κ2) is 9.49. The van der Waals surface area contributed by atoms with Crippen LogP contribution >= 0.6 is 15.9 Å². The zero-order valence-corrected chi connectivity index (χ0v) is 20.2. The summed E-state index contributed by atoms with van der Waals surface area (Å²) in [6, 6.07) is 19.9. The van der Waals surface area contributed by atoms with Crippen LogP contribution in [-0.2, 0) is 0 Å². The monoisotopic (exact) mass is 527 g/mol. The summed E-state index contributed by atoms with van der Waals surface area (Å²) >= 11 is 3.47. The highest BCUT2D eigenvalue weighted by Crippen LogP contribution is 2.30. The smallest absolute Gasteiger partial charge is 0.282 e. The fraction of sp³-hybridized carbons (Fsp3) is 0.0741. The van der Waals surface area contributed by atoms with Crippen molar-refractivity contribution in [2.45, 2.75) is 0 Å². The molecule has 0 aliphatic carbocycles. The quantitative estimate of drug-likeness (QED) is 0.216. The van der Waals surface area contributed by atoms with Gasteiger partial charge in [-0.25, -0.2) is 4.98 Å². The molecule has 3 aromatic carbocycles. The van der Waals surface area contributed by atoms with Crippen molar-refractivity contribution in [3.8, 4) is 35.4 Å². The summed E-state index contributed by atoms with van der Waals surface area (Å²) in [5.41, 5.74) is 1.60. The number of hydrogen-bond acceptors (Lipinski definition) is 6. The van der Waals surface area contributed by atoms with Gasteiger partial charge in [-0.15, -0.1) is 6.42 Å². The molecule has 0 saturated carbocycles. The average molecular weight is 528 g/mol. The molecule has 0 bridgehead atoms. The van der Waals surface area contributed by atoms with Crippen molar-refractivity contribution in [3.05, 3.63) is 87.1 Å². The molecule has 5 aromatic rings. The Labute approximate surface area is 208 Å². The van der Waals surface area contributed by atoms with Crippen molar-refractivity contribution in [3.63, 3.8) is 0 Å². The number of para-hydroxylation sites is 1. The lowest BCUT2D eigenvalue weighted by Crippen LogP contribution is -2.20. The molecule has 0 unspecified atom stereocenters. The van der Waals surface area contributed by atoms with E-state index in [-0.39, 0.29) is 12.2 Å². The molecule has 0 radical (unpaired) electrons. The maximum absolute atomic E-state index is 13.4. The van der Waals surface area contributed by atoms with Crippen LogP contribution in [0.3, 0.4) is 0 Å². The first-order chi connectivity index (χ1) is 17.1. The van der Waals surface area contributed by atoms with Crippen LogP contribution < -0.4 is 15.0 Å². The third-order valence-corrected chi connectivity index (χ3v) is 5.77. The molecule has 0 saturated heterocycles. The number of methoxy groups -OCH3 is 1. The molecular weight excluding hydrogens is 510 g/mol. The first kappa shape index (κ1) is 22.4. The highest BCUT2D eigenvalue weighted by Gasteiger charge is 2.16. The number of fused-ring (bicyclic) bond motifs is 2. The minimum absolute atomic E-state index is 0.124. The van der Waals surface area contributed by atoms with Gasteiger partial charge >= 0.3 is 0 Å². The van der Waals surface area contributed by atoms with E-state index in [1.165, 1.54) is 11.8 Å². The number of terminal acetylenes is 1. The van der Waals surface area contributed by atoms with Crippen LogP contribution in [0.5, 0.6) is 11.5 Å². The number of rotatable bonds is 6. The summed E-state index contributed by atoms with van der Waals surface area (Å²) in [4.78, 5) is 18.1. The van der Waals surface area contributed by atoms with Gasteiger partial charge in [0.15, 0.2) is 17.3 Å². The predicted molar refractivity (Wildman–Crippen MR) is 139 cm³/mol. The van der Waals surface area contributed by atoms with Gasteiger partial charge in [0.1, 0.15) is 12.2 Å². The zero-order chi connectivity index (χ0) is 24.4. The number of halogens is 1. The summed E-state index contributed by atoms with van der Waals surface area (Å²) in [6.45, 7) is 0.124. The van der Waals surface area contributed by atoms with Gasteiger partial charge < -0.3 is 13.9 Å². The number of ether oxygens (including phenoxy) is 2. The van der Waals surface area contributed by atoms with Gasteiger partial charge in [-0.05, 0) is 60.2 Å². The van der Waals surface area contributed by atoms with E-state index in [4.69, 9.17) is 25.3 Å². The highest BCUT2D eigenvalue weighted by atomic mass is 79.9. The van der Waals surface area contributed by atoms with Crippen molar-refractivity contribution in [2.75, 3.05) is 13.7 Å². The molecule has 0 atom stereocenters. The van der Waals surface area contributed by atoms with Gasteiger partial charge in [0.2, 0.25) is 5.82 Å². The molecule has 0 aliphatic heterocycles. The van der Waals surface area contributed by atoms with E-state index in [9.17, 15) is 4.79 Å². The Morgan fingerprint density at radius 3 is 2.83 bits per heavy atom. The standard InChI is InChI=1S/C27H18BrN3O4/c1-3-12-34-23-10-8-17(13-24(23)33-2)16-29-31-26(30-21-7-5-4-6-20(21)27(31)32)25-15-18-14-19(28)9-11-22(18)35-25/h1,4-11,13-16H,12H2,2H3. The van der Waals surface area contributed by atoms with E-state index < -0.39 is 0 Å². The van der Waals surface area contributed by atoms with Gasteiger partial charge in [0.25, 0.3) is 5.56 Å². The van der Waals surface area contributed by atoms with Crippen molar-refractivity contribution in [1.29, 1.82) is 0 Å². The Kier molecular flexibility index (Phi) is 6.08. The van der Waals surface area contributed by atoms with E-state index in [1.807, 2.05) is 30.3 Å². The van der Waals surface area contributed by atoms with E-state index in [0.29, 0.717) is 45.1 Å². The fourth-order valence-electron chi connectivity index (χ4n) is 3.64. The van der Waals surface area contributed by atoms with Crippen LogP contribution in [0.2, 0.25) is 0 Å². The van der Waals surface area contributed by atoms with Crippen LogP contribution in [0.4, 0.5) is 0 Å². The van der Waals surface area contributed by atoms with Crippen LogP contribution in [0.15, 0.2) is 85.5 Å². The van der Waals surface area contributed by atoms with Crippen LogP contribution in [0.1, 0.15) is 5.56 Å². The lowest BCUT2D eigenvalue weighted by molar-refractivity contribution is 0.331. The molecule has 0 fully saturated rings. The Morgan fingerprint density at radius 2 is 2.00 bits per heavy atom. The maximum Gasteiger partial charge on any atom is 0.282 e. The van der Waals surface area contributed by atoms with Crippen LogP contribution in [0.25, 0.3) is 33.5 Å². The first-order valence-electron chi connectivity index (χ1n) is 10.6. The Hall–Kier alpha value is -4.35. The van der Waals surface area contributed by atoms with Gasteiger partial charge in [-0.2, -0.15) is 9.78 Å². The second-order valence-electron chi connectivity index (χ2n) is 7.51. The predicted octanol–water partition coefficient (Wildman–Crippen LogP) is 5.48. The van der Waals surface area contributed by atoms with Gasteiger partial charge in [0, 0.05) is 9.86 Å². The summed E-state index contributed by atoms with van der Waals surface area (Å²) in [6.07, 6.45) is 6.82. The average Bonchev–Trinajstić information content (AvgIpc) is 3.30.